The maximum atomic E-state index is 4.37. The first-order chi connectivity index (χ1) is 8.50. The molecule has 2 rings (SSSR count). The normalized spacial score (nSPS) is 14.7. The third-order valence-electron chi connectivity index (χ3n) is 3.03. The number of hydrogen-bond acceptors (Lipinski definition) is 3. The quantitative estimate of drug-likeness (QED) is 0.820. The zero-order valence-corrected chi connectivity index (χ0v) is 13.9. The van der Waals surface area contributed by atoms with Crippen molar-refractivity contribution in [2.24, 2.45) is 4.99 Å². The Morgan fingerprint density at radius 3 is 2.67 bits per heavy atom. The van der Waals surface area contributed by atoms with Gasteiger partial charge in [-0.1, -0.05) is 13.8 Å². The fraction of sp³-hybridized carbons (Fsp3) is 0.462. The van der Waals surface area contributed by atoms with Gasteiger partial charge in [0.1, 0.15) is 0 Å². The van der Waals surface area contributed by atoms with Crippen molar-refractivity contribution in [1.82, 2.24) is 5.32 Å². The van der Waals surface area contributed by atoms with Crippen molar-refractivity contribution in [2.45, 2.75) is 26.7 Å². The van der Waals surface area contributed by atoms with Gasteiger partial charge in [0.25, 0.3) is 0 Å². The lowest BCUT2D eigenvalue weighted by Gasteiger charge is -2.19. The number of anilines is 1. The predicted molar refractivity (Wildman–Crippen MR) is 84.6 cm³/mol. The second-order valence-corrected chi connectivity index (χ2v) is 6.34. The van der Waals surface area contributed by atoms with E-state index in [1.165, 1.54) is 11.1 Å². The van der Waals surface area contributed by atoms with E-state index in [1.807, 2.05) is 0 Å². The SMILES string of the molecule is Cc1c(NC2=NCCN2)cc(Br)c(Br)c1C(C)C. The fourth-order valence-electron chi connectivity index (χ4n) is 2.16. The Balaban J connectivity index is 2.41. The van der Waals surface area contributed by atoms with Gasteiger partial charge in [0.05, 0.1) is 6.54 Å². The lowest BCUT2D eigenvalue weighted by Crippen LogP contribution is -2.26. The van der Waals surface area contributed by atoms with Crippen LogP contribution in [0.15, 0.2) is 20.0 Å². The van der Waals surface area contributed by atoms with Gasteiger partial charge in [0.2, 0.25) is 0 Å². The van der Waals surface area contributed by atoms with E-state index in [-0.39, 0.29) is 0 Å². The van der Waals surface area contributed by atoms with E-state index in [9.17, 15) is 0 Å². The number of hydrogen-bond donors (Lipinski definition) is 2. The molecular formula is C13H17Br2N3. The molecule has 0 bridgehead atoms. The average Bonchev–Trinajstić information content (AvgIpc) is 2.78. The summed E-state index contributed by atoms with van der Waals surface area (Å²) in [7, 11) is 0. The maximum Gasteiger partial charge on any atom is 0.195 e. The summed E-state index contributed by atoms with van der Waals surface area (Å²) < 4.78 is 2.21. The summed E-state index contributed by atoms with van der Waals surface area (Å²) in [4.78, 5) is 4.37. The molecule has 0 saturated carbocycles. The summed E-state index contributed by atoms with van der Waals surface area (Å²) in [6, 6.07) is 2.09. The van der Waals surface area contributed by atoms with Gasteiger partial charge in [-0.05, 0) is 61.9 Å². The predicted octanol–water partition coefficient (Wildman–Crippen LogP) is 4.01. The first-order valence-corrected chi connectivity index (χ1v) is 7.63. The lowest BCUT2D eigenvalue weighted by molar-refractivity contribution is 0.850. The van der Waals surface area contributed by atoms with Crippen molar-refractivity contribution in [1.29, 1.82) is 0 Å². The summed E-state index contributed by atoms with van der Waals surface area (Å²) in [5.41, 5.74) is 3.68. The molecule has 0 fully saturated rings. The van der Waals surface area contributed by atoms with Crippen LogP contribution in [0.4, 0.5) is 5.69 Å². The number of benzene rings is 1. The van der Waals surface area contributed by atoms with E-state index in [4.69, 9.17) is 0 Å². The fourth-order valence-corrected chi connectivity index (χ4v) is 3.47. The smallest absolute Gasteiger partial charge is 0.195 e. The summed E-state index contributed by atoms with van der Waals surface area (Å²) in [6.07, 6.45) is 0. The van der Waals surface area contributed by atoms with E-state index in [1.54, 1.807) is 0 Å². The van der Waals surface area contributed by atoms with Crippen LogP contribution >= 0.6 is 31.9 Å². The molecule has 0 atom stereocenters. The van der Waals surface area contributed by atoms with Crippen molar-refractivity contribution in [3.63, 3.8) is 0 Å². The van der Waals surface area contributed by atoms with Crippen LogP contribution < -0.4 is 10.6 Å². The van der Waals surface area contributed by atoms with Crippen LogP contribution in [0, 0.1) is 6.92 Å². The van der Waals surface area contributed by atoms with Gasteiger partial charge in [0, 0.05) is 21.2 Å². The second kappa shape index (κ2) is 5.61. The molecule has 0 radical (unpaired) electrons. The number of guanidine groups is 1. The van der Waals surface area contributed by atoms with E-state index in [0.29, 0.717) is 5.92 Å². The maximum absolute atomic E-state index is 4.37. The Kier molecular flexibility index (Phi) is 4.33. The van der Waals surface area contributed by atoms with Crippen LogP contribution in [0.2, 0.25) is 0 Å². The molecule has 3 nitrogen and oxygen atoms in total. The zero-order valence-electron chi connectivity index (χ0n) is 10.8. The largest absolute Gasteiger partial charge is 0.354 e. The molecule has 0 saturated heterocycles. The summed E-state index contributed by atoms with van der Waals surface area (Å²) >= 11 is 7.26. The minimum absolute atomic E-state index is 0.468. The van der Waals surface area contributed by atoms with E-state index < -0.39 is 0 Å². The summed E-state index contributed by atoms with van der Waals surface area (Å²) in [5.74, 6) is 1.33. The molecule has 2 N–H and O–H groups in total. The van der Waals surface area contributed by atoms with Crippen LogP contribution in [0.25, 0.3) is 0 Å². The number of halogens is 2. The van der Waals surface area contributed by atoms with Crippen molar-refractivity contribution in [3.05, 3.63) is 26.1 Å². The summed E-state index contributed by atoms with van der Waals surface area (Å²) in [5, 5.41) is 6.59. The van der Waals surface area contributed by atoms with Gasteiger partial charge in [0.15, 0.2) is 5.96 Å². The number of nitrogens with one attached hydrogen (secondary N) is 2. The highest BCUT2D eigenvalue weighted by molar-refractivity contribution is 9.13. The Hall–Kier alpha value is -0.550. The molecule has 18 heavy (non-hydrogen) atoms. The Bertz CT molecular complexity index is 495. The molecule has 5 heteroatoms. The molecule has 1 heterocycles. The molecule has 0 spiro atoms. The Morgan fingerprint density at radius 2 is 2.11 bits per heavy atom. The van der Waals surface area contributed by atoms with Crippen molar-refractivity contribution < 1.29 is 0 Å². The van der Waals surface area contributed by atoms with Crippen LogP contribution in [0.3, 0.4) is 0 Å². The highest BCUT2D eigenvalue weighted by atomic mass is 79.9. The van der Waals surface area contributed by atoms with Crippen LogP contribution in [-0.2, 0) is 0 Å². The van der Waals surface area contributed by atoms with E-state index in [0.717, 1.165) is 33.7 Å². The lowest BCUT2D eigenvalue weighted by atomic mass is 9.97. The van der Waals surface area contributed by atoms with E-state index in [2.05, 4.69) is 74.3 Å². The number of aliphatic imine (C=N–C) groups is 1. The van der Waals surface area contributed by atoms with Gasteiger partial charge in [-0.25, -0.2) is 0 Å². The molecule has 0 unspecified atom stereocenters. The number of nitrogens with zero attached hydrogens (tertiary/aromatic N) is 1. The molecule has 1 aromatic carbocycles. The minimum Gasteiger partial charge on any atom is -0.354 e. The van der Waals surface area contributed by atoms with Crippen LogP contribution in [-0.4, -0.2) is 19.0 Å². The van der Waals surface area contributed by atoms with Crippen molar-refractivity contribution in [2.75, 3.05) is 18.4 Å². The zero-order chi connectivity index (χ0) is 13.3. The highest BCUT2D eigenvalue weighted by Crippen LogP contribution is 2.38. The molecular weight excluding hydrogens is 358 g/mol. The summed E-state index contributed by atoms with van der Waals surface area (Å²) in [6.45, 7) is 8.31. The molecule has 0 amide bonds. The first kappa shape index (κ1) is 13.9. The highest BCUT2D eigenvalue weighted by Gasteiger charge is 2.16. The minimum atomic E-state index is 0.468. The van der Waals surface area contributed by atoms with Crippen molar-refractivity contribution in [3.8, 4) is 0 Å². The second-order valence-electron chi connectivity index (χ2n) is 4.70. The molecule has 1 aromatic rings. The molecule has 1 aliphatic rings. The first-order valence-electron chi connectivity index (χ1n) is 6.04. The van der Waals surface area contributed by atoms with Gasteiger partial charge < -0.3 is 10.6 Å². The third-order valence-corrected chi connectivity index (χ3v) is 5.04. The van der Waals surface area contributed by atoms with Gasteiger partial charge in [-0.15, -0.1) is 0 Å². The van der Waals surface area contributed by atoms with Gasteiger partial charge >= 0.3 is 0 Å². The molecule has 98 valence electrons. The third kappa shape index (κ3) is 2.72. The standard InChI is InChI=1S/C13H17Br2N3/c1-7(2)11-8(3)10(6-9(14)12(11)15)18-13-16-4-5-17-13/h6-7H,4-5H2,1-3H3,(H2,16,17,18). The molecule has 1 aliphatic heterocycles. The Morgan fingerprint density at radius 1 is 1.39 bits per heavy atom. The van der Waals surface area contributed by atoms with Crippen LogP contribution in [0.5, 0.6) is 0 Å². The molecule has 0 aliphatic carbocycles. The molecule has 0 aromatic heterocycles. The van der Waals surface area contributed by atoms with Crippen molar-refractivity contribution >= 4 is 43.5 Å². The van der Waals surface area contributed by atoms with E-state index >= 15 is 0 Å². The van der Waals surface area contributed by atoms with Gasteiger partial charge in [-0.3, -0.25) is 4.99 Å². The topological polar surface area (TPSA) is 36.4 Å². The number of rotatable bonds is 2. The van der Waals surface area contributed by atoms with Gasteiger partial charge in [-0.2, -0.15) is 0 Å². The van der Waals surface area contributed by atoms with Crippen LogP contribution in [0.1, 0.15) is 30.9 Å². The Labute approximate surface area is 125 Å². The monoisotopic (exact) mass is 373 g/mol. The average molecular weight is 375 g/mol.